The number of halogens is 20. The highest BCUT2D eigenvalue weighted by Crippen LogP contribution is 2.87. The van der Waals surface area contributed by atoms with E-state index in [9.17, 15) is 52.7 Å². The lowest BCUT2D eigenvalue weighted by atomic mass is 10.2. The van der Waals surface area contributed by atoms with Crippen molar-refractivity contribution in [3.8, 4) is 0 Å². The predicted octanol–water partition coefficient (Wildman–Crippen LogP) is 15.2. The quantitative estimate of drug-likeness (QED) is 0.0640. The third kappa shape index (κ3) is 17.1. The minimum atomic E-state index is -7.44. The van der Waals surface area contributed by atoms with E-state index in [2.05, 4.69) is 12.0 Å². The fourth-order valence-electron chi connectivity index (χ4n) is 4.25. The summed E-state index contributed by atoms with van der Waals surface area (Å²) in [5.74, 6) is 0. The zero-order chi connectivity index (χ0) is 41.8. The van der Waals surface area contributed by atoms with E-state index in [4.69, 9.17) is 0 Å². The summed E-state index contributed by atoms with van der Waals surface area (Å²) in [6, 6.07) is 0. The Labute approximate surface area is 296 Å². The number of unbranched alkanes of at least 4 members (excludes halogenated alkanes) is 6. The zero-order valence-electron chi connectivity index (χ0n) is 28.3. The first kappa shape index (κ1) is 52.2. The maximum atomic E-state index is 16.1. The molecule has 0 atom stereocenters. The van der Waals surface area contributed by atoms with Gasteiger partial charge in [-0.3, -0.25) is 8.37 Å². The second-order valence-electron chi connectivity index (χ2n) is 11.9. The summed E-state index contributed by atoms with van der Waals surface area (Å²) < 4.78 is 300. The van der Waals surface area contributed by atoms with Crippen LogP contribution in [0.1, 0.15) is 117 Å². The Morgan fingerprint density at radius 2 is 0.547 bits per heavy atom. The molecule has 0 amide bonds. The molecular formula is C28H42F20O3S2. The molecular weight excluding hydrogens is 828 g/mol. The Bertz CT molecular complexity index is 905. The lowest BCUT2D eigenvalue weighted by molar-refractivity contribution is -0.148. The molecule has 0 saturated heterocycles. The first-order valence-electron chi connectivity index (χ1n) is 16.1. The summed E-state index contributed by atoms with van der Waals surface area (Å²) >= 11 is 0. The van der Waals surface area contributed by atoms with Crippen molar-refractivity contribution < 1.29 is 99.8 Å². The molecule has 324 valence electrons. The third-order valence-corrected chi connectivity index (χ3v) is 13.5. The van der Waals surface area contributed by atoms with Crippen LogP contribution < -0.4 is 0 Å². The predicted molar refractivity (Wildman–Crippen MR) is 157 cm³/mol. The smallest absolute Gasteiger partial charge is 0.273 e. The van der Waals surface area contributed by atoms with E-state index in [1.165, 1.54) is 13.8 Å². The lowest BCUT2D eigenvalue weighted by Gasteiger charge is -2.60. The summed E-state index contributed by atoms with van der Waals surface area (Å²) in [5.41, 5.74) is 0. The van der Waals surface area contributed by atoms with Gasteiger partial charge in [-0.1, -0.05) is 52.4 Å². The van der Waals surface area contributed by atoms with E-state index in [1.807, 2.05) is 0 Å². The highest BCUT2D eigenvalue weighted by Gasteiger charge is 2.73. The molecule has 0 aromatic rings. The van der Waals surface area contributed by atoms with Crippen molar-refractivity contribution in [2.75, 3.05) is 13.2 Å². The number of hydrogen-bond acceptors (Lipinski definition) is 3. The zero-order valence-corrected chi connectivity index (χ0v) is 30.0. The van der Waals surface area contributed by atoms with E-state index >= 15 is 35.1 Å². The highest BCUT2D eigenvalue weighted by atomic mass is 32.4. The van der Waals surface area contributed by atoms with Crippen molar-refractivity contribution in [1.29, 1.82) is 0 Å². The van der Waals surface area contributed by atoms with Crippen LogP contribution in [0, 0.1) is 0 Å². The van der Waals surface area contributed by atoms with E-state index in [0.29, 0.717) is 12.8 Å². The van der Waals surface area contributed by atoms with Gasteiger partial charge in [0.2, 0.25) is 0 Å². The van der Waals surface area contributed by atoms with Crippen LogP contribution in [0.4, 0.5) is 87.8 Å². The molecule has 0 aliphatic heterocycles. The van der Waals surface area contributed by atoms with Crippen molar-refractivity contribution in [2.45, 2.75) is 162 Å². The molecule has 0 spiro atoms. The molecule has 0 unspecified atom stereocenters. The molecule has 0 aromatic carbocycles. The molecule has 0 aromatic heterocycles. The molecule has 0 N–H and O–H groups in total. The largest absolute Gasteiger partial charge is 0.389 e. The molecule has 0 saturated carbocycles. The number of rotatable bonds is 26. The van der Waals surface area contributed by atoms with Crippen LogP contribution >= 0.6 is 21.2 Å². The fraction of sp³-hybridized carbons (Fsp3) is 1.00. The molecule has 53 heavy (non-hydrogen) atoms. The normalized spacial score (nSPS) is 15.7. The summed E-state index contributed by atoms with van der Waals surface area (Å²) in [5, 5.41) is -24.6. The molecule has 3 nitrogen and oxygen atoms in total. The second kappa shape index (κ2) is 20.0. The topological polar surface area (TPSA) is 27.7 Å². The Morgan fingerprint density at radius 3 is 0.736 bits per heavy atom. The van der Waals surface area contributed by atoms with Gasteiger partial charge in [-0.2, -0.15) is 91.4 Å². The van der Waals surface area contributed by atoms with Crippen LogP contribution in [0.3, 0.4) is 0 Å². The van der Waals surface area contributed by atoms with Gasteiger partial charge in [-0.25, -0.2) is 0 Å². The van der Waals surface area contributed by atoms with Crippen LogP contribution in [0.25, 0.3) is 0 Å². The molecule has 0 rings (SSSR count). The van der Waals surface area contributed by atoms with Crippen LogP contribution in [0.5, 0.6) is 0 Å². The summed E-state index contributed by atoms with van der Waals surface area (Å²) in [4.78, 5) is 0. The molecule has 25 heteroatoms. The average molecular weight is 871 g/mol. The molecule has 0 aliphatic carbocycles. The summed E-state index contributed by atoms with van der Waals surface area (Å²) in [7, 11) is -14.9. The maximum Gasteiger partial charge on any atom is 0.389 e. The lowest BCUT2D eigenvalue weighted by Crippen LogP contribution is -2.49. The highest BCUT2D eigenvalue weighted by molar-refractivity contribution is 8.39. The van der Waals surface area contributed by atoms with Gasteiger partial charge >= 0.3 is 45.7 Å². The Balaban J connectivity index is 8.32. The first-order valence-corrected chi connectivity index (χ1v) is 19.0. The molecule has 0 bridgehead atoms. The number of alkyl halides is 20. The monoisotopic (exact) mass is 870 g/mol. The van der Waals surface area contributed by atoms with Gasteiger partial charge in [0.15, 0.2) is 0 Å². The van der Waals surface area contributed by atoms with E-state index in [-0.39, 0.29) is 25.7 Å². The Kier molecular flexibility index (Phi) is 19.7. The fourth-order valence-corrected chi connectivity index (χ4v) is 11.0. The van der Waals surface area contributed by atoms with Crippen molar-refractivity contribution in [3.63, 3.8) is 0 Å². The van der Waals surface area contributed by atoms with Gasteiger partial charge in [0, 0.05) is 25.7 Å². The van der Waals surface area contributed by atoms with Crippen LogP contribution in [0.2, 0.25) is 0 Å². The molecule has 0 radical (unpaired) electrons. The van der Waals surface area contributed by atoms with Crippen molar-refractivity contribution in [2.24, 2.45) is 0 Å². The van der Waals surface area contributed by atoms with Crippen LogP contribution in [-0.4, -0.2) is 58.9 Å². The van der Waals surface area contributed by atoms with Gasteiger partial charge < -0.3 is 0 Å². The van der Waals surface area contributed by atoms with Crippen LogP contribution in [0.15, 0.2) is 0 Å². The van der Waals surface area contributed by atoms with Crippen molar-refractivity contribution >= 4 is 21.2 Å². The second-order valence-corrected chi connectivity index (χ2v) is 17.3. The van der Waals surface area contributed by atoms with Crippen LogP contribution in [-0.2, 0) is 12.0 Å². The van der Waals surface area contributed by atoms with Gasteiger partial charge in [0.05, 0.1) is 38.9 Å². The van der Waals surface area contributed by atoms with E-state index in [0.717, 1.165) is 0 Å². The van der Waals surface area contributed by atoms with Gasteiger partial charge in [-0.15, -0.1) is 0 Å². The summed E-state index contributed by atoms with van der Waals surface area (Å²) in [6.07, 6.45) is -47.3. The molecule has 0 fully saturated rings. The third-order valence-electron chi connectivity index (χ3n) is 7.06. The minimum absolute atomic E-state index is 0.128. The first-order chi connectivity index (χ1) is 23.7. The van der Waals surface area contributed by atoms with Crippen molar-refractivity contribution in [3.05, 3.63) is 0 Å². The SMILES string of the molecule is CCCCCCOS(OS(OCCCCCC)(C(F)(F)CCC(F)(F)F)C(F)(F)CCC(F)(F)F)(C(F)(F)CCC(F)(F)F)C(F)(F)CCC(F)(F)F. The van der Waals surface area contributed by atoms with E-state index in [1.54, 1.807) is 0 Å². The molecule has 0 aliphatic rings. The summed E-state index contributed by atoms with van der Waals surface area (Å²) in [6.45, 7) is -0.185. The Hall–Kier alpha value is -0.820. The van der Waals surface area contributed by atoms with Gasteiger partial charge in [0.25, 0.3) is 0 Å². The Morgan fingerprint density at radius 1 is 0.321 bits per heavy atom. The maximum absolute atomic E-state index is 16.1. The standard InChI is InChI=1S/C28H42F20O3S2/c1-3-5-7-9-19-49-52(25(41,42)15-11-21(29,30)31,26(43,44)16-12-22(32,33)34)51-53(50-20-10-8-6-4-2,27(45,46)17-13-23(35,36)37)28(47,48)18-14-24(38,39)40/h3-20H2,1-2H3. The number of hydrogen-bond donors (Lipinski definition) is 0. The van der Waals surface area contributed by atoms with Crippen molar-refractivity contribution in [1.82, 2.24) is 0 Å². The van der Waals surface area contributed by atoms with Gasteiger partial charge in [-0.05, 0) is 34.0 Å². The average Bonchev–Trinajstić information content (AvgIpc) is 2.97. The van der Waals surface area contributed by atoms with E-state index < -0.39 is 144 Å². The molecule has 0 heterocycles. The van der Waals surface area contributed by atoms with Gasteiger partial charge in [0.1, 0.15) is 0 Å². The minimum Gasteiger partial charge on any atom is -0.273 e.